The van der Waals surface area contributed by atoms with Crippen LogP contribution in [0.3, 0.4) is 0 Å². The molecule has 2 N–H and O–H groups in total. The summed E-state index contributed by atoms with van der Waals surface area (Å²) in [5.41, 5.74) is 1.40. The maximum atomic E-state index is 12.7. The molecule has 0 bridgehead atoms. The zero-order valence-corrected chi connectivity index (χ0v) is 12.5. The highest BCUT2D eigenvalue weighted by molar-refractivity contribution is 6.31. The number of likely N-dealkylation sites (tertiary alicyclic amines) is 1. The van der Waals surface area contributed by atoms with Crippen LogP contribution in [0, 0.1) is 0 Å². The van der Waals surface area contributed by atoms with E-state index in [1.807, 2.05) is 6.07 Å². The maximum absolute atomic E-state index is 12.7. The first kappa shape index (κ1) is 15.1. The normalized spacial score (nSPS) is 18.4. The Hall–Kier alpha value is -1.26. The Morgan fingerprint density at radius 2 is 2.35 bits per heavy atom. The summed E-state index contributed by atoms with van der Waals surface area (Å²) in [6.07, 6.45) is 2.79. The van der Waals surface area contributed by atoms with Crippen LogP contribution >= 0.6 is 11.6 Å². The number of anilines is 1. The summed E-state index contributed by atoms with van der Waals surface area (Å²) in [7, 11) is 0. The van der Waals surface area contributed by atoms with Gasteiger partial charge in [0.05, 0.1) is 18.2 Å². The van der Waals surface area contributed by atoms with Crippen LogP contribution in [-0.4, -0.2) is 41.7 Å². The van der Waals surface area contributed by atoms with Gasteiger partial charge in [-0.3, -0.25) is 4.79 Å². The predicted molar refractivity (Wildman–Crippen MR) is 81.4 cm³/mol. The largest absolute Gasteiger partial charge is 0.394 e. The molecule has 0 aromatic heterocycles. The van der Waals surface area contributed by atoms with Crippen molar-refractivity contribution >= 4 is 23.2 Å². The number of aliphatic hydroxyl groups excluding tert-OH is 1. The number of hydrogen-bond donors (Lipinski definition) is 2. The highest BCUT2D eigenvalue weighted by Crippen LogP contribution is 2.26. The molecule has 0 saturated carbocycles. The first-order valence-electron chi connectivity index (χ1n) is 7.12. The molecule has 4 nitrogen and oxygen atoms in total. The molecule has 20 heavy (non-hydrogen) atoms. The van der Waals surface area contributed by atoms with Gasteiger partial charge in [0.15, 0.2) is 0 Å². The van der Waals surface area contributed by atoms with E-state index in [2.05, 4.69) is 12.2 Å². The molecule has 0 radical (unpaired) electrons. The molecule has 1 saturated heterocycles. The first-order chi connectivity index (χ1) is 9.67. The summed E-state index contributed by atoms with van der Waals surface area (Å²) in [6, 6.07) is 5.26. The van der Waals surface area contributed by atoms with Crippen molar-refractivity contribution in [2.24, 2.45) is 0 Å². The van der Waals surface area contributed by atoms with Crippen LogP contribution in [0.15, 0.2) is 18.2 Å². The third kappa shape index (κ3) is 3.25. The molecule has 1 unspecified atom stereocenters. The van der Waals surface area contributed by atoms with Gasteiger partial charge in [0.1, 0.15) is 0 Å². The summed E-state index contributed by atoms with van der Waals surface area (Å²) in [5, 5.41) is 13.2. The first-order valence-corrected chi connectivity index (χ1v) is 7.50. The van der Waals surface area contributed by atoms with Gasteiger partial charge in [-0.25, -0.2) is 0 Å². The molecular weight excluding hydrogens is 276 g/mol. The van der Waals surface area contributed by atoms with Gasteiger partial charge in [0, 0.05) is 23.8 Å². The van der Waals surface area contributed by atoms with Crippen LogP contribution in [-0.2, 0) is 0 Å². The lowest BCUT2D eigenvalue weighted by molar-refractivity contribution is 0.0678. The Labute approximate surface area is 124 Å². The molecule has 1 heterocycles. The van der Waals surface area contributed by atoms with Gasteiger partial charge in [0.2, 0.25) is 0 Å². The highest BCUT2D eigenvalue weighted by Gasteiger charge is 2.30. The molecule has 1 fully saturated rings. The number of rotatable bonds is 5. The lowest BCUT2D eigenvalue weighted by Gasteiger charge is -2.24. The monoisotopic (exact) mass is 296 g/mol. The number of hydrogen-bond acceptors (Lipinski definition) is 3. The van der Waals surface area contributed by atoms with Gasteiger partial charge in [-0.1, -0.05) is 18.5 Å². The number of benzene rings is 1. The zero-order chi connectivity index (χ0) is 14.5. The van der Waals surface area contributed by atoms with Crippen LogP contribution in [0.25, 0.3) is 0 Å². The molecule has 1 atom stereocenters. The SMILES string of the molecule is CCCNc1ccc(Cl)cc1C(=O)N1CCCC1CO. The van der Waals surface area contributed by atoms with Crippen LogP contribution in [0.4, 0.5) is 5.69 Å². The van der Waals surface area contributed by atoms with E-state index in [0.717, 1.165) is 31.5 Å². The lowest BCUT2D eigenvalue weighted by atomic mass is 10.1. The Kier molecular flexibility index (Phi) is 5.26. The second-order valence-corrected chi connectivity index (χ2v) is 5.53. The maximum Gasteiger partial charge on any atom is 0.256 e. The van der Waals surface area contributed by atoms with Crippen molar-refractivity contribution in [1.29, 1.82) is 0 Å². The van der Waals surface area contributed by atoms with Crippen LogP contribution in [0.2, 0.25) is 5.02 Å². The standard InChI is InChI=1S/C15H21ClN2O2/c1-2-7-17-14-6-5-11(16)9-13(14)15(20)18-8-3-4-12(18)10-19/h5-6,9,12,17,19H,2-4,7-8,10H2,1H3. The van der Waals surface area contributed by atoms with E-state index in [1.54, 1.807) is 17.0 Å². The Morgan fingerprint density at radius 3 is 3.05 bits per heavy atom. The molecular formula is C15H21ClN2O2. The van der Waals surface area contributed by atoms with Crippen molar-refractivity contribution in [3.05, 3.63) is 28.8 Å². The smallest absolute Gasteiger partial charge is 0.256 e. The summed E-state index contributed by atoms with van der Waals surface area (Å²) in [6.45, 7) is 3.60. The van der Waals surface area contributed by atoms with E-state index in [-0.39, 0.29) is 18.6 Å². The number of nitrogens with zero attached hydrogens (tertiary/aromatic N) is 1. The van der Waals surface area contributed by atoms with Crippen LogP contribution < -0.4 is 5.32 Å². The van der Waals surface area contributed by atoms with E-state index in [4.69, 9.17) is 11.6 Å². The Morgan fingerprint density at radius 1 is 1.55 bits per heavy atom. The minimum Gasteiger partial charge on any atom is -0.394 e. The van der Waals surface area contributed by atoms with Crippen molar-refractivity contribution in [1.82, 2.24) is 4.90 Å². The van der Waals surface area contributed by atoms with E-state index in [9.17, 15) is 9.90 Å². The van der Waals surface area contributed by atoms with Crippen molar-refractivity contribution in [3.8, 4) is 0 Å². The van der Waals surface area contributed by atoms with Gasteiger partial charge in [-0.15, -0.1) is 0 Å². The average molecular weight is 297 g/mol. The van der Waals surface area contributed by atoms with Crippen LogP contribution in [0.5, 0.6) is 0 Å². The molecule has 1 amide bonds. The second kappa shape index (κ2) is 6.95. The van der Waals surface area contributed by atoms with Crippen molar-refractivity contribution in [3.63, 3.8) is 0 Å². The summed E-state index contributed by atoms with van der Waals surface area (Å²) < 4.78 is 0. The fourth-order valence-corrected chi connectivity index (χ4v) is 2.73. The molecule has 1 aromatic rings. The number of halogens is 1. The number of amides is 1. The number of carbonyl (C=O) groups excluding carboxylic acids is 1. The quantitative estimate of drug-likeness (QED) is 0.878. The van der Waals surface area contributed by atoms with E-state index >= 15 is 0 Å². The number of aliphatic hydroxyl groups is 1. The predicted octanol–water partition coefficient (Wildman–Crippen LogP) is 2.76. The summed E-state index contributed by atoms with van der Waals surface area (Å²) >= 11 is 6.02. The van der Waals surface area contributed by atoms with Crippen molar-refractivity contribution in [2.45, 2.75) is 32.2 Å². The molecule has 1 aliphatic rings. The van der Waals surface area contributed by atoms with E-state index < -0.39 is 0 Å². The molecule has 0 aliphatic carbocycles. The highest BCUT2D eigenvalue weighted by atomic mass is 35.5. The summed E-state index contributed by atoms with van der Waals surface area (Å²) in [5.74, 6) is -0.0531. The van der Waals surface area contributed by atoms with E-state index in [0.29, 0.717) is 17.1 Å². The van der Waals surface area contributed by atoms with Gasteiger partial charge in [-0.05, 0) is 37.5 Å². The van der Waals surface area contributed by atoms with Crippen molar-refractivity contribution in [2.75, 3.05) is 25.0 Å². The molecule has 110 valence electrons. The molecule has 1 aromatic carbocycles. The molecule has 0 spiro atoms. The second-order valence-electron chi connectivity index (χ2n) is 5.09. The Balaban J connectivity index is 2.25. The van der Waals surface area contributed by atoms with E-state index in [1.165, 1.54) is 0 Å². The molecule has 2 rings (SSSR count). The third-order valence-corrected chi connectivity index (χ3v) is 3.86. The lowest BCUT2D eigenvalue weighted by Crippen LogP contribution is -2.38. The minimum absolute atomic E-state index is 0.0179. The van der Waals surface area contributed by atoms with Gasteiger partial charge in [0.25, 0.3) is 5.91 Å². The fraction of sp³-hybridized carbons (Fsp3) is 0.533. The average Bonchev–Trinajstić information content (AvgIpc) is 2.93. The third-order valence-electron chi connectivity index (χ3n) is 3.63. The van der Waals surface area contributed by atoms with Gasteiger partial charge in [-0.2, -0.15) is 0 Å². The van der Waals surface area contributed by atoms with Gasteiger partial charge < -0.3 is 15.3 Å². The molecule has 5 heteroatoms. The Bertz CT molecular complexity index is 479. The topological polar surface area (TPSA) is 52.6 Å². The van der Waals surface area contributed by atoms with Crippen LogP contribution in [0.1, 0.15) is 36.5 Å². The number of nitrogens with one attached hydrogen (secondary N) is 1. The number of carbonyl (C=O) groups is 1. The minimum atomic E-state index is -0.0690. The van der Waals surface area contributed by atoms with Crippen molar-refractivity contribution < 1.29 is 9.90 Å². The molecule has 1 aliphatic heterocycles. The fourth-order valence-electron chi connectivity index (χ4n) is 2.55. The summed E-state index contributed by atoms with van der Waals surface area (Å²) in [4.78, 5) is 14.4. The zero-order valence-electron chi connectivity index (χ0n) is 11.7. The van der Waals surface area contributed by atoms with Gasteiger partial charge >= 0.3 is 0 Å².